The van der Waals surface area contributed by atoms with E-state index in [2.05, 4.69) is 15.2 Å². The fraction of sp³-hybridized carbons (Fsp3) is 0.429. The first-order valence-corrected chi connectivity index (χ1v) is 11.9. The number of nitrogens with one attached hydrogen (secondary N) is 1. The number of pyridine rings is 1. The van der Waals surface area contributed by atoms with Crippen LogP contribution < -0.4 is 14.5 Å². The van der Waals surface area contributed by atoms with Gasteiger partial charge >= 0.3 is 0 Å². The summed E-state index contributed by atoms with van der Waals surface area (Å²) in [6.07, 6.45) is 8.05. The SMILES string of the molecule is CS(=O)(=O)N1CCCc2cc(C(=O)Nc3ccc(N4CCCCC4)nc3)ccc21. The van der Waals surface area contributed by atoms with Crippen molar-refractivity contribution in [1.29, 1.82) is 0 Å². The number of amides is 1. The van der Waals surface area contributed by atoms with Crippen molar-refractivity contribution in [2.75, 3.05) is 40.4 Å². The second-order valence-electron chi connectivity index (χ2n) is 7.69. The zero-order valence-corrected chi connectivity index (χ0v) is 17.4. The van der Waals surface area contributed by atoms with E-state index >= 15 is 0 Å². The van der Waals surface area contributed by atoms with Gasteiger partial charge in [-0.1, -0.05) is 0 Å². The van der Waals surface area contributed by atoms with Crippen LogP contribution in [0.5, 0.6) is 0 Å². The van der Waals surface area contributed by atoms with Crippen molar-refractivity contribution < 1.29 is 13.2 Å². The van der Waals surface area contributed by atoms with E-state index in [1.165, 1.54) is 29.8 Å². The minimum Gasteiger partial charge on any atom is -0.357 e. The van der Waals surface area contributed by atoms with Crippen molar-refractivity contribution in [1.82, 2.24) is 4.98 Å². The minimum absolute atomic E-state index is 0.225. The molecule has 8 heteroatoms. The molecule has 2 aliphatic heterocycles. The summed E-state index contributed by atoms with van der Waals surface area (Å²) in [5.74, 6) is 0.717. The maximum absolute atomic E-state index is 12.7. The molecule has 1 saturated heterocycles. The number of carbonyl (C=O) groups is 1. The molecule has 0 aliphatic carbocycles. The number of benzene rings is 1. The third kappa shape index (κ3) is 4.37. The lowest BCUT2D eigenvalue weighted by atomic mass is 10.0. The van der Waals surface area contributed by atoms with Crippen molar-refractivity contribution in [3.8, 4) is 0 Å². The Morgan fingerprint density at radius 1 is 1.03 bits per heavy atom. The molecule has 0 unspecified atom stereocenters. The van der Waals surface area contributed by atoms with Gasteiger partial charge in [-0.25, -0.2) is 13.4 Å². The van der Waals surface area contributed by atoms with E-state index in [4.69, 9.17) is 0 Å². The molecule has 0 bridgehead atoms. The molecule has 1 aromatic carbocycles. The summed E-state index contributed by atoms with van der Waals surface area (Å²) in [7, 11) is -3.31. The molecular weight excluding hydrogens is 388 g/mol. The molecule has 0 atom stereocenters. The summed E-state index contributed by atoms with van der Waals surface area (Å²) in [6.45, 7) is 2.53. The Hall–Kier alpha value is -2.61. The average Bonchev–Trinajstić information content (AvgIpc) is 2.73. The lowest BCUT2D eigenvalue weighted by molar-refractivity contribution is 0.102. The van der Waals surface area contributed by atoms with E-state index in [-0.39, 0.29) is 5.91 Å². The summed E-state index contributed by atoms with van der Waals surface area (Å²) in [6, 6.07) is 9.00. The molecule has 0 radical (unpaired) electrons. The van der Waals surface area contributed by atoms with Gasteiger partial charge in [0, 0.05) is 25.2 Å². The van der Waals surface area contributed by atoms with E-state index < -0.39 is 10.0 Å². The molecule has 3 heterocycles. The molecule has 4 rings (SSSR count). The van der Waals surface area contributed by atoms with Crippen molar-refractivity contribution in [2.45, 2.75) is 32.1 Å². The van der Waals surface area contributed by atoms with Crippen molar-refractivity contribution in [3.63, 3.8) is 0 Å². The van der Waals surface area contributed by atoms with Crippen LogP contribution in [-0.2, 0) is 16.4 Å². The maximum Gasteiger partial charge on any atom is 0.255 e. The third-order valence-electron chi connectivity index (χ3n) is 5.50. The van der Waals surface area contributed by atoms with Gasteiger partial charge in [-0.15, -0.1) is 0 Å². The first-order valence-electron chi connectivity index (χ1n) is 10.0. The van der Waals surface area contributed by atoms with Crippen LogP contribution in [0, 0.1) is 0 Å². The van der Waals surface area contributed by atoms with Crippen LogP contribution in [-0.4, -0.2) is 45.2 Å². The smallest absolute Gasteiger partial charge is 0.255 e. The predicted octanol–water partition coefficient (Wildman–Crippen LogP) is 3.04. The summed E-state index contributed by atoms with van der Waals surface area (Å²) in [5, 5.41) is 2.88. The Morgan fingerprint density at radius 3 is 2.52 bits per heavy atom. The number of rotatable bonds is 4. The Balaban J connectivity index is 1.47. The highest BCUT2D eigenvalue weighted by molar-refractivity contribution is 7.92. The fourth-order valence-electron chi connectivity index (χ4n) is 4.02. The summed E-state index contributed by atoms with van der Waals surface area (Å²) >= 11 is 0. The lowest BCUT2D eigenvalue weighted by Gasteiger charge is -2.29. The molecule has 1 N–H and O–H groups in total. The Kier molecular flexibility index (Phi) is 5.45. The van der Waals surface area contributed by atoms with Crippen LogP contribution in [0.4, 0.5) is 17.2 Å². The van der Waals surface area contributed by atoms with Crippen LogP contribution in [0.1, 0.15) is 41.6 Å². The van der Waals surface area contributed by atoms with Gasteiger partial charge in [0.1, 0.15) is 5.82 Å². The molecule has 29 heavy (non-hydrogen) atoms. The number of piperidine rings is 1. The Bertz CT molecular complexity index is 999. The summed E-state index contributed by atoms with van der Waals surface area (Å²) in [4.78, 5) is 19.4. The number of aromatic nitrogens is 1. The fourth-order valence-corrected chi connectivity index (χ4v) is 5.02. The van der Waals surface area contributed by atoms with Gasteiger partial charge < -0.3 is 10.2 Å². The number of fused-ring (bicyclic) bond motifs is 1. The van der Waals surface area contributed by atoms with E-state index in [0.717, 1.165) is 37.3 Å². The van der Waals surface area contributed by atoms with Gasteiger partial charge in [0.05, 0.1) is 23.8 Å². The molecular formula is C21H26N4O3S. The minimum atomic E-state index is -3.31. The van der Waals surface area contributed by atoms with Crippen molar-refractivity contribution >= 4 is 33.1 Å². The predicted molar refractivity (Wildman–Crippen MR) is 115 cm³/mol. The second kappa shape index (κ2) is 8.02. The number of nitrogens with zero attached hydrogens (tertiary/aromatic N) is 3. The number of aryl methyl sites for hydroxylation is 1. The molecule has 1 aromatic heterocycles. The normalized spacial score (nSPS) is 17.0. The molecule has 1 amide bonds. The van der Waals surface area contributed by atoms with Gasteiger partial charge in [-0.3, -0.25) is 9.10 Å². The van der Waals surface area contributed by atoms with Gasteiger partial charge in [0.15, 0.2) is 0 Å². The van der Waals surface area contributed by atoms with Crippen molar-refractivity contribution in [3.05, 3.63) is 47.7 Å². The monoisotopic (exact) mass is 414 g/mol. The number of sulfonamides is 1. The summed E-state index contributed by atoms with van der Waals surface area (Å²) in [5.41, 5.74) is 2.71. The quantitative estimate of drug-likeness (QED) is 0.832. The van der Waals surface area contributed by atoms with Crippen LogP contribution in [0.25, 0.3) is 0 Å². The molecule has 2 aliphatic rings. The zero-order chi connectivity index (χ0) is 20.4. The van der Waals surface area contributed by atoms with Crippen LogP contribution >= 0.6 is 0 Å². The Morgan fingerprint density at radius 2 is 1.83 bits per heavy atom. The van der Waals surface area contributed by atoms with E-state index in [1.807, 2.05) is 12.1 Å². The second-order valence-corrected chi connectivity index (χ2v) is 9.60. The molecule has 0 saturated carbocycles. The molecule has 0 spiro atoms. The van der Waals surface area contributed by atoms with Gasteiger partial charge in [0.25, 0.3) is 5.91 Å². The van der Waals surface area contributed by atoms with Crippen LogP contribution in [0.15, 0.2) is 36.5 Å². The Labute approximate surface area is 171 Å². The lowest BCUT2D eigenvalue weighted by Crippen LogP contribution is -2.34. The van der Waals surface area contributed by atoms with E-state index in [0.29, 0.717) is 23.5 Å². The van der Waals surface area contributed by atoms with E-state index in [9.17, 15) is 13.2 Å². The molecule has 154 valence electrons. The van der Waals surface area contributed by atoms with Gasteiger partial charge in [-0.05, 0) is 68.0 Å². The molecule has 7 nitrogen and oxygen atoms in total. The first-order chi connectivity index (χ1) is 13.9. The number of carbonyl (C=O) groups excluding carboxylic acids is 1. The highest BCUT2D eigenvalue weighted by Crippen LogP contribution is 2.30. The van der Waals surface area contributed by atoms with Crippen LogP contribution in [0.2, 0.25) is 0 Å². The largest absolute Gasteiger partial charge is 0.357 e. The zero-order valence-electron chi connectivity index (χ0n) is 16.6. The highest BCUT2D eigenvalue weighted by atomic mass is 32.2. The van der Waals surface area contributed by atoms with E-state index in [1.54, 1.807) is 24.4 Å². The number of anilines is 3. The van der Waals surface area contributed by atoms with Crippen LogP contribution in [0.3, 0.4) is 0 Å². The third-order valence-corrected chi connectivity index (χ3v) is 6.68. The number of hydrogen-bond donors (Lipinski definition) is 1. The highest BCUT2D eigenvalue weighted by Gasteiger charge is 2.24. The molecule has 2 aromatic rings. The number of hydrogen-bond acceptors (Lipinski definition) is 5. The molecule has 1 fully saturated rings. The maximum atomic E-state index is 12.7. The summed E-state index contributed by atoms with van der Waals surface area (Å²) < 4.78 is 25.4. The van der Waals surface area contributed by atoms with Gasteiger partial charge in [-0.2, -0.15) is 0 Å². The van der Waals surface area contributed by atoms with Crippen molar-refractivity contribution in [2.24, 2.45) is 0 Å². The average molecular weight is 415 g/mol. The first kappa shape index (κ1) is 19.7. The topological polar surface area (TPSA) is 82.6 Å². The van der Waals surface area contributed by atoms with Gasteiger partial charge in [0.2, 0.25) is 10.0 Å². The standard InChI is InChI=1S/C21H26N4O3S/c1-29(27,28)25-13-5-6-16-14-17(7-9-19(16)25)21(26)23-18-8-10-20(22-15-18)24-11-3-2-4-12-24/h7-10,14-15H,2-6,11-13H2,1H3,(H,23,26).